The van der Waals surface area contributed by atoms with Gasteiger partial charge in [-0.2, -0.15) is 0 Å². The van der Waals surface area contributed by atoms with Gasteiger partial charge in [-0.05, 0) is 36.8 Å². The number of anilines is 1. The fourth-order valence-corrected chi connectivity index (χ4v) is 2.91. The van der Waals surface area contributed by atoms with Crippen molar-refractivity contribution in [2.75, 3.05) is 5.32 Å². The van der Waals surface area contributed by atoms with E-state index in [0.29, 0.717) is 10.6 Å². The van der Waals surface area contributed by atoms with Gasteiger partial charge in [-0.1, -0.05) is 23.7 Å². The van der Waals surface area contributed by atoms with Crippen molar-refractivity contribution in [3.05, 3.63) is 64.6 Å². The summed E-state index contributed by atoms with van der Waals surface area (Å²) >= 11 is 5.97. The molecule has 0 atom stereocenters. The number of aryl methyl sites for hydroxylation is 1. The van der Waals surface area contributed by atoms with Crippen LogP contribution in [-0.4, -0.2) is 15.3 Å². The summed E-state index contributed by atoms with van der Waals surface area (Å²) in [4.78, 5) is 16.6. The third-order valence-corrected chi connectivity index (χ3v) is 4.05. The summed E-state index contributed by atoms with van der Waals surface area (Å²) in [7, 11) is 0. The van der Waals surface area contributed by atoms with E-state index < -0.39 is 0 Å². The van der Waals surface area contributed by atoms with Crippen LogP contribution >= 0.6 is 11.6 Å². The van der Waals surface area contributed by atoms with Gasteiger partial charge in [-0.25, -0.2) is 4.98 Å². The molecule has 1 aromatic carbocycles. The molecule has 0 saturated heterocycles. The predicted molar refractivity (Wildman–Crippen MR) is 87.9 cm³/mol. The summed E-state index contributed by atoms with van der Waals surface area (Å²) in [5.41, 5.74) is 5.08. The Morgan fingerprint density at radius 2 is 2.18 bits per heavy atom. The average Bonchev–Trinajstić information content (AvgIpc) is 3.02. The second-order valence-corrected chi connectivity index (χ2v) is 5.71. The number of nitrogens with one attached hydrogen (secondary N) is 1. The van der Waals surface area contributed by atoms with E-state index in [1.54, 1.807) is 18.3 Å². The summed E-state index contributed by atoms with van der Waals surface area (Å²) in [5, 5.41) is 3.44. The maximum Gasteiger partial charge on any atom is 0.256 e. The summed E-state index contributed by atoms with van der Waals surface area (Å²) < 4.78 is 1.98. The molecule has 1 N–H and O–H groups in total. The molecule has 0 unspecified atom stereocenters. The maximum absolute atomic E-state index is 12.2. The number of hydrogen-bond acceptors (Lipinski definition) is 2. The monoisotopic (exact) mass is 309 g/mol. The molecule has 4 rings (SSSR count). The fourth-order valence-electron chi connectivity index (χ4n) is 2.74. The van der Waals surface area contributed by atoms with Crippen molar-refractivity contribution in [2.24, 2.45) is 0 Å². The molecule has 22 heavy (non-hydrogen) atoms. The van der Waals surface area contributed by atoms with Crippen molar-refractivity contribution in [1.29, 1.82) is 0 Å². The van der Waals surface area contributed by atoms with Crippen LogP contribution in [0.5, 0.6) is 0 Å². The maximum atomic E-state index is 12.2. The molecule has 2 aromatic heterocycles. The topological polar surface area (TPSA) is 46.4 Å². The van der Waals surface area contributed by atoms with E-state index in [4.69, 9.17) is 11.6 Å². The Kier molecular flexibility index (Phi) is 2.81. The highest BCUT2D eigenvalue weighted by atomic mass is 35.5. The Morgan fingerprint density at radius 1 is 1.32 bits per heavy atom. The Bertz CT molecular complexity index is 956. The van der Waals surface area contributed by atoms with E-state index in [9.17, 15) is 4.79 Å². The van der Waals surface area contributed by atoms with Gasteiger partial charge in [-0.3, -0.25) is 4.79 Å². The number of amides is 1. The molecule has 108 valence electrons. The van der Waals surface area contributed by atoms with Crippen LogP contribution < -0.4 is 5.32 Å². The van der Waals surface area contributed by atoms with Crippen LogP contribution in [0, 0.1) is 6.92 Å². The summed E-state index contributed by atoms with van der Waals surface area (Å²) in [6, 6.07) is 9.38. The third-order valence-electron chi connectivity index (χ3n) is 3.82. The first-order valence-electron chi connectivity index (χ1n) is 6.89. The number of hydrogen-bond donors (Lipinski definition) is 1. The Hall–Kier alpha value is -2.59. The predicted octanol–water partition coefficient (Wildman–Crippen LogP) is 3.79. The second kappa shape index (κ2) is 4.71. The molecule has 1 amide bonds. The molecular weight excluding hydrogens is 298 g/mol. The largest absolute Gasteiger partial charge is 0.321 e. The molecule has 0 radical (unpaired) electrons. The van der Waals surface area contributed by atoms with Crippen LogP contribution in [0.25, 0.3) is 17.3 Å². The first-order chi connectivity index (χ1) is 10.6. The Balaban J connectivity index is 1.89. The molecule has 0 bridgehead atoms. The van der Waals surface area contributed by atoms with Crippen molar-refractivity contribution in [1.82, 2.24) is 9.38 Å². The molecule has 3 heterocycles. The third kappa shape index (κ3) is 1.92. The zero-order chi connectivity index (χ0) is 15.3. The van der Waals surface area contributed by atoms with Crippen molar-refractivity contribution in [3.8, 4) is 0 Å². The van der Waals surface area contributed by atoms with E-state index in [0.717, 1.165) is 28.2 Å². The number of carbonyl (C=O) groups is 1. The lowest BCUT2D eigenvalue weighted by Crippen LogP contribution is -2.03. The first-order valence-corrected chi connectivity index (χ1v) is 7.27. The normalized spacial score (nSPS) is 15.4. The highest BCUT2D eigenvalue weighted by Crippen LogP contribution is 2.34. The fraction of sp³-hybridized carbons (Fsp3) is 0.0588. The molecule has 4 nitrogen and oxygen atoms in total. The molecule has 1 aliphatic heterocycles. The van der Waals surface area contributed by atoms with Crippen molar-refractivity contribution >= 4 is 40.5 Å². The lowest BCUT2D eigenvalue weighted by molar-refractivity contribution is -0.110. The number of aromatic nitrogens is 2. The van der Waals surface area contributed by atoms with Crippen LogP contribution in [-0.2, 0) is 4.79 Å². The Labute approximate surface area is 132 Å². The first kappa shape index (κ1) is 13.1. The highest BCUT2D eigenvalue weighted by Gasteiger charge is 2.24. The van der Waals surface area contributed by atoms with Gasteiger partial charge < -0.3 is 9.72 Å². The van der Waals surface area contributed by atoms with E-state index in [2.05, 4.69) is 10.3 Å². The lowest BCUT2D eigenvalue weighted by Gasteiger charge is -2.01. The van der Waals surface area contributed by atoms with Crippen LogP contribution in [0.15, 0.2) is 42.7 Å². The van der Waals surface area contributed by atoms with Crippen molar-refractivity contribution in [3.63, 3.8) is 0 Å². The number of imidazole rings is 1. The quantitative estimate of drug-likeness (QED) is 0.695. The summed E-state index contributed by atoms with van der Waals surface area (Å²) in [6.07, 6.45) is 5.57. The zero-order valence-corrected chi connectivity index (χ0v) is 12.6. The number of benzene rings is 1. The molecule has 0 aliphatic carbocycles. The standard InChI is InChI=1S/C17H12ClN3O/c1-10-3-2-6-21-12(9-19-16(10)21)8-14-13-5-4-11(18)7-15(13)20-17(14)22/h2-9H,1H3,(H,20,22)/b14-8+. The molecule has 5 heteroatoms. The molecule has 0 saturated carbocycles. The molecule has 0 fully saturated rings. The smallest absolute Gasteiger partial charge is 0.256 e. The number of nitrogens with zero attached hydrogens (tertiary/aromatic N) is 2. The van der Waals surface area contributed by atoms with E-state index >= 15 is 0 Å². The zero-order valence-electron chi connectivity index (χ0n) is 11.8. The minimum absolute atomic E-state index is 0.125. The van der Waals surface area contributed by atoms with Gasteiger partial charge >= 0.3 is 0 Å². The van der Waals surface area contributed by atoms with Gasteiger partial charge in [-0.15, -0.1) is 0 Å². The highest BCUT2D eigenvalue weighted by molar-refractivity contribution is 6.36. The van der Waals surface area contributed by atoms with E-state index in [1.807, 2.05) is 41.8 Å². The number of halogens is 1. The van der Waals surface area contributed by atoms with Gasteiger partial charge in [0.2, 0.25) is 0 Å². The van der Waals surface area contributed by atoms with Gasteiger partial charge in [0, 0.05) is 16.8 Å². The van der Waals surface area contributed by atoms with Gasteiger partial charge in [0.25, 0.3) is 5.91 Å². The van der Waals surface area contributed by atoms with Crippen LogP contribution in [0.1, 0.15) is 16.8 Å². The van der Waals surface area contributed by atoms with Crippen molar-refractivity contribution in [2.45, 2.75) is 6.92 Å². The number of carbonyl (C=O) groups excluding carboxylic acids is 1. The average molecular weight is 310 g/mol. The SMILES string of the molecule is Cc1cccn2c(/C=C3/C(=O)Nc4cc(Cl)ccc43)cnc12. The minimum Gasteiger partial charge on any atom is -0.321 e. The molecule has 3 aromatic rings. The molecular formula is C17H12ClN3O. The van der Waals surface area contributed by atoms with Crippen LogP contribution in [0.2, 0.25) is 5.02 Å². The number of pyridine rings is 1. The number of rotatable bonds is 1. The summed E-state index contributed by atoms with van der Waals surface area (Å²) in [6.45, 7) is 2.01. The lowest BCUT2D eigenvalue weighted by atomic mass is 10.1. The van der Waals surface area contributed by atoms with Gasteiger partial charge in [0.1, 0.15) is 5.65 Å². The second-order valence-electron chi connectivity index (χ2n) is 5.27. The van der Waals surface area contributed by atoms with Crippen molar-refractivity contribution < 1.29 is 4.79 Å². The number of fused-ring (bicyclic) bond motifs is 2. The molecule has 0 spiro atoms. The van der Waals surface area contributed by atoms with Crippen LogP contribution in [0.4, 0.5) is 5.69 Å². The van der Waals surface area contributed by atoms with E-state index in [1.165, 1.54) is 0 Å². The van der Waals surface area contributed by atoms with Gasteiger partial charge in [0.05, 0.1) is 23.2 Å². The summed E-state index contributed by atoms with van der Waals surface area (Å²) in [5.74, 6) is -0.125. The minimum atomic E-state index is -0.125. The Morgan fingerprint density at radius 3 is 3.05 bits per heavy atom. The van der Waals surface area contributed by atoms with E-state index in [-0.39, 0.29) is 5.91 Å². The van der Waals surface area contributed by atoms with Gasteiger partial charge in [0.15, 0.2) is 0 Å². The molecule has 1 aliphatic rings. The van der Waals surface area contributed by atoms with Crippen LogP contribution in [0.3, 0.4) is 0 Å².